The van der Waals surface area contributed by atoms with Gasteiger partial charge in [-0.3, -0.25) is 0 Å². The van der Waals surface area contributed by atoms with Crippen LogP contribution in [0.4, 0.5) is 0 Å². The van der Waals surface area contributed by atoms with Crippen molar-refractivity contribution in [2.45, 2.75) is 6.42 Å². The molecule has 0 aliphatic carbocycles. The summed E-state index contributed by atoms with van der Waals surface area (Å²) in [6.45, 7) is 0.963. The number of aryl methyl sites for hydroxylation is 1. The van der Waals surface area contributed by atoms with E-state index in [1.54, 1.807) is 13.2 Å². The minimum Gasteiger partial charge on any atom is -0.496 e. The second kappa shape index (κ2) is 8.76. The van der Waals surface area contributed by atoms with Gasteiger partial charge in [0.15, 0.2) is 0 Å². The molecule has 132 valence electrons. The van der Waals surface area contributed by atoms with Crippen LogP contribution in [-0.4, -0.2) is 50.3 Å². The molecule has 24 heavy (non-hydrogen) atoms. The molecule has 0 saturated heterocycles. The average molecular weight is 353 g/mol. The Hall–Kier alpha value is -1.98. The number of ether oxygens (including phenoxy) is 2. The van der Waals surface area contributed by atoms with Crippen LogP contribution >= 0.6 is 12.4 Å². The number of benzene rings is 1. The highest BCUT2D eigenvalue weighted by Gasteiger charge is 2.14. The van der Waals surface area contributed by atoms with Crippen molar-refractivity contribution in [3.8, 4) is 5.75 Å². The summed E-state index contributed by atoms with van der Waals surface area (Å²) in [7, 11) is 9.19. The number of hydrogen-bond acceptors (Lipinski definition) is 4. The second-order valence-electron chi connectivity index (χ2n) is 5.76. The lowest BCUT2D eigenvalue weighted by Gasteiger charge is -2.10. The van der Waals surface area contributed by atoms with Gasteiger partial charge in [-0.25, -0.2) is 4.79 Å². The normalized spacial score (nSPS) is 11.1. The number of rotatable bonds is 6. The van der Waals surface area contributed by atoms with Crippen LogP contribution in [0, 0.1) is 0 Å². The lowest BCUT2D eigenvalue weighted by Crippen LogP contribution is -2.14. The van der Waals surface area contributed by atoms with Crippen molar-refractivity contribution < 1.29 is 14.3 Å². The molecule has 0 atom stereocenters. The monoisotopic (exact) mass is 352 g/mol. The summed E-state index contributed by atoms with van der Waals surface area (Å²) in [6, 6.07) is 3.90. The Balaban J connectivity index is 0.00000288. The number of esters is 1. The lowest BCUT2D eigenvalue weighted by molar-refractivity contribution is -0.134. The molecule has 2 rings (SSSR count). The zero-order valence-electron chi connectivity index (χ0n) is 14.8. The first kappa shape index (κ1) is 20.1. The van der Waals surface area contributed by atoms with Crippen molar-refractivity contribution in [3.05, 3.63) is 35.5 Å². The zero-order valence-corrected chi connectivity index (χ0v) is 15.6. The maximum atomic E-state index is 11.4. The van der Waals surface area contributed by atoms with Crippen molar-refractivity contribution in [3.63, 3.8) is 0 Å². The fourth-order valence-corrected chi connectivity index (χ4v) is 2.71. The second-order valence-corrected chi connectivity index (χ2v) is 5.76. The SMILES string of the molecule is COC(=O)/C=C/c1ccc(OC)c2c(CCN(C)C)cn(C)c12.Cl. The standard InChI is InChI=1S/C18H24N2O3.ClH/c1-19(2)11-10-14-12-20(3)18-13(7-9-16(21)23-5)6-8-15(22-4)17(14)18;/h6-9,12H,10-11H2,1-5H3;1H/b9-7+;. The van der Waals surface area contributed by atoms with Gasteiger partial charge in [0.25, 0.3) is 0 Å². The van der Waals surface area contributed by atoms with Crippen molar-refractivity contribution >= 4 is 35.4 Å². The van der Waals surface area contributed by atoms with E-state index in [-0.39, 0.29) is 18.4 Å². The summed E-state index contributed by atoms with van der Waals surface area (Å²) >= 11 is 0. The minimum atomic E-state index is -0.365. The number of carbonyl (C=O) groups excluding carboxylic acids is 1. The molecule has 0 bridgehead atoms. The highest BCUT2D eigenvalue weighted by atomic mass is 35.5. The summed E-state index contributed by atoms with van der Waals surface area (Å²) in [4.78, 5) is 13.5. The Morgan fingerprint density at radius 1 is 1.29 bits per heavy atom. The summed E-state index contributed by atoms with van der Waals surface area (Å²) in [5, 5.41) is 1.10. The molecule has 0 unspecified atom stereocenters. The van der Waals surface area contributed by atoms with E-state index in [4.69, 9.17) is 4.74 Å². The smallest absolute Gasteiger partial charge is 0.330 e. The van der Waals surface area contributed by atoms with Crippen LogP contribution < -0.4 is 4.74 Å². The molecule has 0 spiro atoms. The molecular weight excluding hydrogens is 328 g/mol. The van der Waals surface area contributed by atoms with Gasteiger partial charge in [0.1, 0.15) is 5.75 Å². The van der Waals surface area contributed by atoms with Crippen LogP contribution in [0.25, 0.3) is 17.0 Å². The molecule has 0 amide bonds. The van der Waals surface area contributed by atoms with Gasteiger partial charge in [0, 0.05) is 31.3 Å². The third-order valence-electron chi connectivity index (χ3n) is 3.84. The van der Waals surface area contributed by atoms with Crippen molar-refractivity contribution in [1.82, 2.24) is 9.47 Å². The van der Waals surface area contributed by atoms with E-state index in [9.17, 15) is 4.79 Å². The first-order chi connectivity index (χ1) is 11.0. The fraction of sp³-hybridized carbons (Fsp3) is 0.389. The number of halogens is 1. The number of aromatic nitrogens is 1. The third kappa shape index (κ3) is 4.30. The van der Waals surface area contributed by atoms with Gasteiger partial charge in [0.2, 0.25) is 0 Å². The van der Waals surface area contributed by atoms with E-state index in [0.29, 0.717) is 0 Å². The highest BCUT2D eigenvalue weighted by molar-refractivity contribution is 5.98. The Morgan fingerprint density at radius 2 is 2.00 bits per heavy atom. The third-order valence-corrected chi connectivity index (χ3v) is 3.84. The van der Waals surface area contributed by atoms with Gasteiger partial charge in [-0.15, -0.1) is 12.4 Å². The van der Waals surface area contributed by atoms with Crippen molar-refractivity contribution in [2.24, 2.45) is 7.05 Å². The highest BCUT2D eigenvalue weighted by Crippen LogP contribution is 2.33. The molecule has 0 fully saturated rings. The lowest BCUT2D eigenvalue weighted by atomic mass is 10.0. The first-order valence-corrected chi connectivity index (χ1v) is 7.53. The molecule has 5 nitrogen and oxygen atoms in total. The molecule has 0 radical (unpaired) electrons. The topological polar surface area (TPSA) is 43.7 Å². The van der Waals surface area contributed by atoms with Crippen LogP contribution in [0.2, 0.25) is 0 Å². The quantitative estimate of drug-likeness (QED) is 0.592. The molecule has 6 heteroatoms. The molecule has 0 saturated carbocycles. The molecule has 0 aliphatic rings. The maximum absolute atomic E-state index is 11.4. The van der Waals surface area contributed by atoms with Gasteiger partial charge < -0.3 is 18.9 Å². The van der Waals surface area contributed by atoms with Crippen LogP contribution in [0.5, 0.6) is 5.75 Å². The van der Waals surface area contributed by atoms with Crippen molar-refractivity contribution in [2.75, 3.05) is 34.9 Å². The van der Waals surface area contributed by atoms with E-state index >= 15 is 0 Å². The van der Waals surface area contributed by atoms with Gasteiger partial charge in [0.05, 0.1) is 19.7 Å². The van der Waals surface area contributed by atoms with E-state index in [2.05, 4.69) is 34.5 Å². The van der Waals surface area contributed by atoms with Crippen LogP contribution in [0.1, 0.15) is 11.1 Å². The molecule has 1 aromatic heterocycles. The Kier molecular flexibility index (Phi) is 7.32. The number of hydrogen-bond donors (Lipinski definition) is 0. The first-order valence-electron chi connectivity index (χ1n) is 7.53. The minimum absolute atomic E-state index is 0. The van der Waals surface area contributed by atoms with Gasteiger partial charge >= 0.3 is 5.97 Å². The van der Waals surface area contributed by atoms with Crippen LogP contribution in [0.15, 0.2) is 24.4 Å². The largest absolute Gasteiger partial charge is 0.496 e. The van der Waals surface area contributed by atoms with Crippen LogP contribution in [-0.2, 0) is 23.0 Å². The van der Waals surface area contributed by atoms with E-state index in [1.165, 1.54) is 18.7 Å². The molecule has 0 aliphatic heterocycles. The van der Waals surface area contributed by atoms with Crippen molar-refractivity contribution in [1.29, 1.82) is 0 Å². The van der Waals surface area contributed by atoms with Gasteiger partial charge in [-0.05, 0) is 49.9 Å². The average Bonchev–Trinajstić information content (AvgIpc) is 2.87. The summed E-state index contributed by atoms with van der Waals surface area (Å²) in [5.41, 5.74) is 3.25. The summed E-state index contributed by atoms with van der Waals surface area (Å²) in [6.07, 6.45) is 6.29. The molecule has 0 N–H and O–H groups in total. The number of nitrogens with zero attached hydrogens (tertiary/aromatic N) is 2. The Morgan fingerprint density at radius 3 is 2.58 bits per heavy atom. The molecule has 2 aromatic rings. The Labute approximate surface area is 149 Å². The van der Waals surface area contributed by atoms with E-state index in [1.807, 2.05) is 19.2 Å². The fourth-order valence-electron chi connectivity index (χ4n) is 2.71. The predicted octanol–water partition coefficient (Wildman–Crippen LogP) is 2.90. The van der Waals surface area contributed by atoms with E-state index < -0.39 is 0 Å². The number of methoxy groups -OCH3 is 2. The van der Waals surface area contributed by atoms with Crippen LogP contribution in [0.3, 0.4) is 0 Å². The number of fused-ring (bicyclic) bond motifs is 1. The molecule has 1 aromatic carbocycles. The number of likely N-dealkylation sites (N-methyl/N-ethyl adjacent to an activating group) is 1. The summed E-state index contributed by atoms with van der Waals surface area (Å²) in [5.74, 6) is 0.487. The van der Waals surface area contributed by atoms with Gasteiger partial charge in [-0.2, -0.15) is 0 Å². The van der Waals surface area contributed by atoms with Gasteiger partial charge in [-0.1, -0.05) is 0 Å². The summed E-state index contributed by atoms with van der Waals surface area (Å²) < 4.78 is 12.3. The van der Waals surface area contributed by atoms with E-state index in [0.717, 1.165) is 35.2 Å². The number of carbonyl (C=O) groups is 1. The predicted molar refractivity (Wildman–Crippen MR) is 100 cm³/mol. The molecular formula is C18H25ClN2O3. The zero-order chi connectivity index (χ0) is 17.0. The maximum Gasteiger partial charge on any atom is 0.330 e. The Bertz CT molecular complexity index is 735. The molecule has 1 heterocycles.